The van der Waals surface area contributed by atoms with E-state index in [1.807, 2.05) is 0 Å². The second-order valence-corrected chi connectivity index (χ2v) is 2.58. The van der Waals surface area contributed by atoms with Gasteiger partial charge in [-0.1, -0.05) is 12.1 Å². The van der Waals surface area contributed by atoms with E-state index in [2.05, 4.69) is 4.84 Å². The van der Waals surface area contributed by atoms with Gasteiger partial charge in [-0.15, -0.1) is 0 Å². The largest absolute Gasteiger partial charge is 0.497 e. The maximum Gasteiger partial charge on any atom is 0.150 e. The molecule has 0 saturated carbocycles. The molecule has 0 fully saturated rings. The minimum atomic E-state index is -1.21. The van der Waals surface area contributed by atoms with Crippen LogP contribution in [0.15, 0.2) is 24.3 Å². The Morgan fingerprint density at radius 2 is 2.31 bits per heavy atom. The van der Waals surface area contributed by atoms with Gasteiger partial charge in [0.25, 0.3) is 0 Å². The lowest BCUT2D eigenvalue weighted by atomic mass is 10.1. The van der Waals surface area contributed by atoms with Gasteiger partial charge in [-0.05, 0) is 17.7 Å². The van der Waals surface area contributed by atoms with Gasteiger partial charge in [-0.2, -0.15) is 0 Å². The molecule has 0 saturated heterocycles. The molecule has 3 nitrogen and oxygen atoms in total. The summed E-state index contributed by atoms with van der Waals surface area (Å²) in [5.41, 5.74) is 0.504. The van der Waals surface area contributed by atoms with Crippen LogP contribution in [0.5, 0.6) is 5.75 Å². The molecule has 0 radical (unpaired) electrons. The van der Waals surface area contributed by atoms with Crippen molar-refractivity contribution in [2.24, 2.45) is 5.90 Å². The minimum absolute atomic E-state index is 0.146. The van der Waals surface area contributed by atoms with Crippen molar-refractivity contribution in [2.45, 2.75) is 6.17 Å². The monoisotopic (exact) mass is 185 g/mol. The van der Waals surface area contributed by atoms with Gasteiger partial charge in [0, 0.05) is 0 Å². The van der Waals surface area contributed by atoms with Gasteiger partial charge in [-0.3, -0.25) is 0 Å². The summed E-state index contributed by atoms with van der Waals surface area (Å²) in [5, 5.41) is 0. The number of benzene rings is 1. The first-order chi connectivity index (χ1) is 6.27. The van der Waals surface area contributed by atoms with Crippen LogP contribution in [0.4, 0.5) is 4.39 Å². The van der Waals surface area contributed by atoms with Crippen molar-refractivity contribution in [2.75, 3.05) is 13.7 Å². The molecule has 2 N–H and O–H groups in total. The first kappa shape index (κ1) is 9.95. The Bertz CT molecular complexity index is 268. The number of methoxy groups -OCH3 is 1. The number of alkyl halides is 1. The molecule has 0 amide bonds. The zero-order valence-corrected chi connectivity index (χ0v) is 7.37. The summed E-state index contributed by atoms with van der Waals surface area (Å²) in [6, 6.07) is 6.74. The van der Waals surface area contributed by atoms with Crippen LogP contribution in [-0.2, 0) is 4.84 Å². The predicted octanol–water partition coefficient (Wildman–Crippen LogP) is 1.60. The maximum atomic E-state index is 13.2. The lowest BCUT2D eigenvalue weighted by molar-refractivity contribution is 0.0816. The molecular formula is C9H12FNO2. The molecule has 4 heteroatoms. The first-order valence-corrected chi connectivity index (χ1v) is 3.87. The highest BCUT2D eigenvalue weighted by atomic mass is 19.1. The average Bonchev–Trinajstić information content (AvgIpc) is 2.18. The van der Waals surface area contributed by atoms with Crippen molar-refractivity contribution in [3.8, 4) is 5.75 Å². The molecule has 1 atom stereocenters. The lowest BCUT2D eigenvalue weighted by Crippen LogP contribution is -2.07. The molecule has 1 unspecified atom stereocenters. The Morgan fingerprint density at radius 1 is 1.54 bits per heavy atom. The number of nitrogens with two attached hydrogens (primary N) is 1. The van der Waals surface area contributed by atoms with Gasteiger partial charge < -0.3 is 9.57 Å². The van der Waals surface area contributed by atoms with Gasteiger partial charge in [0.05, 0.1) is 7.11 Å². The van der Waals surface area contributed by atoms with Crippen molar-refractivity contribution in [3.63, 3.8) is 0 Å². The highest BCUT2D eigenvalue weighted by Crippen LogP contribution is 2.21. The van der Waals surface area contributed by atoms with E-state index < -0.39 is 6.17 Å². The van der Waals surface area contributed by atoms with E-state index in [1.165, 1.54) is 7.11 Å². The van der Waals surface area contributed by atoms with Gasteiger partial charge >= 0.3 is 0 Å². The molecule has 1 rings (SSSR count). The summed E-state index contributed by atoms with van der Waals surface area (Å²) in [6.45, 7) is -0.146. The molecule has 0 spiro atoms. The van der Waals surface area contributed by atoms with Gasteiger partial charge in [0.15, 0.2) is 6.17 Å². The molecular weight excluding hydrogens is 173 g/mol. The van der Waals surface area contributed by atoms with E-state index in [4.69, 9.17) is 10.6 Å². The number of ether oxygens (including phenoxy) is 1. The van der Waals surface area contributed by atoms with Crippen molar-refractivity contribution in [1.29, 1.82) is 0 Å². The standard InChI is InChI=1S/C9H12FNO2/c1-12-8-4-2-3-7(5-8)9(10)6-13-11/h2-5,9H,6,11H2,1H3. The number of hydrogen-bond donors (Lipinski definition) is 1. The van der Waals surface area contributed by atoms with Crippen LogP contribution in [0.25, 0.3) is 0 Å². The van der Waals surface area contributed by atoms with Crippen LogP contribution in [0.3, 0.4) is 0 Å². The Labute approximate surface area is 76.2 Å². The Hall–Kier alpha value is -1.13. The summed E-state index contributed by atoms with van der Waals surface area (Å²) in [5.74, 6) is 5.39. The topological polar surface area (TPSA) is 44.5 Å². The molecule has 0 bridgehead atoms. The quantitative estimate of drug-likeness (QED) is 0.724. The number of halogens is 1. The fourth-order valence-electron chi connectivity index (χ4n) is 1.02. The molecule has 13 heavy (non-hydrogen) atoms. The van der Waals surface area contributed by atoms with E-state index >= 15 is 0 Å². The summed E-state index contributed by atoms with van der Waals surface area (Å²) in [6.07, 6.45) is -1.21. The van der Waals surface area contributed by atoms with Gasteiger partial charge in [0.2, 0.25) is 0 Å². The van der Waals surface area contributed by atoms with Crippen molar-refractivity contribution in [1.82, 2.24) is 0 Å². The van der Waals surface area contributed by atoms with E-state index in [9.17, 15) is 4.39 Å². The summed E-state index contributed by atoms with van der Waals surface area (Å²) in [4.78, 5) is 4.22. The van der Waals surface area contributed by atoms with Crippen molar-refractivity contribution in [3.05, 3.63) is 29.8 Å². The third kappa shape index (κ3) is 2.68. The van der Waals surface area contributed by atoms with Crippen LogP contribution < -0.4 is 10.6 Å². The van der Waals surface area contributed by atoms with E-state index in [0.29, 0.717) is 11.3 Å². The maximum absolute atomic E-state index is 13.2. The van der Waals surface area contributed by atoms with E-state index in [0.717, 1.165) is 0 Å². The molecule has 0 aliphatic heterocycles. The molecule has 1 aromatic rings. The second kappa shape index (κ2) is 4.79. The molecule has 1 aromatic carbocycles. The van der Waals surface area contributed by atoms with E-state index in [-0.39, 0.29) is 6.61 Å². The Balaban J connectivity index is 2.75. The highest BCUT2D eigenvalue weighted by molar-refractivity contribution is 5.29. The zero-order valence-electron chi connectivity index (χ0n) is 7.37. The fraction of sp³-hybridized carbons (Fsp3) is 0.333. The Kier molecular flexibility index (Phi) is 3.67. The van der Waals surface area contributed by atoms with Gasteiger partial charge in [0.1, 0.15) is 12.4 Å². The Morgan fingerprint density at radius 3 is 2.92 bits per heavy atom. The SMILES string of the molecule is COc1cccc(C(F)CON)c1. The summed E-state index contributed by atoms with van der Waals surface area (Å²) >= 11 is 0. The number of hydrogen-bond acceptors (Lipinski definition) is 3. The van der Waals surface area contributed by atoms with Crippen LogP contribution in [0.1, 0.15) is 11.7 Å². The van der Waals surface area contributed by atoms with Crippen LogP contribution in [-0.4, -0.2) is 13.7 Å². The molecule has 0 heterocycles. The fourth-order valence-corrected chi connectivity index (χ4v) is 1.02. The van der Waals surface area contributed by atoms with Crippen molar-refractivity contribution < 1.29 is 14.0 Å². The third-order valence-electron chi connectivity index (χ3n) is 1.70. The van der Waals surface area contributed by atoms with Crippen LogP contribution in [0.2, 0.25) is 0 Å². The van der Waals surface area contributed by atoms with Gasteiger partial charge in [-0.25, -0.2) is 10.3 Å². The van der Waals surface area contributed by atoms with Crippen molar-refractivity contribution >= 4 is 0 Å². The third-order valence-corrected chi connectivity index (χ3v) is 1.70. The molecule has 72 valence electrons. The minimum Gasteiger partial charge on any atom is -0.497 e. The van der Waals surface area contributed by atoms with Crippen LogP contribution in [0, 0.1) is 0 Å². The summed E-state index contributed by atoms with van der Waals surface area (Å²) < 4.78 is 18.1. The second-order valence-electron chi connectivity index (χ2n) is 2.58. The lowest BCUT2D eigenvalue weighted by Gasteiger charge is -2.07. The first-order valence-electron chi connectivity index (χ1n) is 3.87. The molecule has 0 aliphatic carbocycles. The predicted molar refractivity (Wildman–Crippen MR) is 47.0 cm³/mol. The van der Waals surface area contributed by atoms with E-state index in [1.54, 1.807) is 24.3 Å². The average molecular weight is 185 g/mol. The normalized spacial score (nSPS) is 12.5. The molecule has 0 aromatic heterocycles. The zero-order chi connectivity index (χ0) is 9.68. The smallest absolute Gasteiger partial charge is 0.150 e. The van der Waals surface area contributed by atoms with Crippen LogP contribution >= 0.6 is 0 Å². The summed E-state index contributed by atoms with van der Waals surface area (Å²) in [7, 11) is 1.53. The number of rotatable bonds is 4. The highest BCUT2D eigenvalue weighted by Gasteiger charge is 2.09. The molecule has 0 aliphatic rings.